The zero-order valence-corrected chi connectivity index (χ0v) is 17.4. The summed E-state index contributed by atoms with van der Waals surface area (Å²) in [5.41, 5.74) is 1.78. The van der Waals surface area contributed by atoms with Crippen molar-refractivity contribution in [3.63, 3.8) is 0 Å². The van der Waals surface area contributed by atoms with Gasteiger partial charge in [-0.2, -0.15) is 0 Å². The highest BCUT2D eigenvalue weighted by Gasteiger charge is 2.21. The number of ether oxygens (including phenoxy) is 1. The maximum absolute atomic E-state index is 12.8. The molecule has 3 aromatic rings. The molecule has 5 nitrogen and oxygen atoms in total. The average molecular weight is 423 g/mol. The molecule has 3 aromatic carbocycles. The maximum Gasteiger partial charge on any atom is 0.253 e. The molecule has 0 heterocycles. The van der Waals surface area contributed by atoms with Gasteiger partial charge >= 0.3 is 0 Å². The molecule has 0 fully saturated rings. The first-order valence-electron chi connectivity index (χ1n) is 9.70. The van der Waals surface area contributed by atoms with Gasteiger partial charge in [-0.3, -0.25) is 9.59 Å². The van der Waals surface area contributed by atoms with E-state index in [0.29, 0.717) is 28.6 Å². The van der Waals surface area contributed by atoms with Crippen LogP contribution in [0.1, 0.15) is 35.3 Å². The molecule has 1 atom stereocenters. The summed E-state index contributed by atoms with van der Waals surface area (Å²) in [6.45, 7) is 2.38. The van der Waals surface area contributed by atoms with E-state index in [1.807, 2.05) is 49.4 Å². The monoisotopic (exact) mass is 422 g/mol. The van der Waals surface area contributed by atoms with Crippen LogP contribution in [0.5, 0.6) is 5.75 Å². The molecule has 0 radical (unpaired) electrons. The fraction of sp³-hybridized carbons (Fsp3) is 0.167. The van der Waals surface area contributed by atoms with Crippen LogP contribution >= 0.6 is 11.6 Å². The molecule has 0 aliphatic carbocycles. The van der Waals surface area contributed by atoms with E-state index >= 15 is 0 Å². The quantitative estimate of drug-likeness (QED) is 0.521. The number of anilines is 1. The average Bonchev–Trinajstić information content (AvgIpc) is 2.75. The van der Waals surface area contributed by atoms with Crippen LogP contribution in [0.2, 0.25) is 5.02 Å². The van der Waals surface area contributed by atoms with Crippen molar-refractivity contribution in [3.05, 3.63) is 95.0 Å². The molecule has 6 heteroatoms. The normalized spacial score (nSPS) is 11.4. The van der Waals surface area contributed by atoms with Crippen molar-refractivity contribution in [2.45, 2.75) is 19.4 Å². The Kier molecular flexibility index (Phi) is 7.46. The third-order valence-corrected chi connectivity index (χ3v) is 4.81. The first kappa shape index (κ1) is 21.4. The minimum atomic E-state index is -0.519. The predicted octanol–water partition coefficient (Wildman–Crippen LogP) is 5.24. The molecule has 0 aliphatic rings. The van der Waals surface area contributed by atoms with Gasteiger partial charge in [0.15, 0.2) is 0 Å². The van der Waals surface area contributed by atoms with Gasteiger partial charge in [0.2, 0.25) is 5.91 Å². The number of amides is 2. The SMILES string of the molecule is CCOc1ccccc1NC(=O)CC(NC(=O)c1ccccc1Cl)c1ccccc1. The van der Waals surface area contributed by atoms with Crippen molar-refractivity contribution in [1.82, 2.24) is 5.32 Å². The van der Waals surface area contributed by atoms with Gasteiger partial charge in [0.1, 0.15) is 5.75 Å². The van der Waals surface area contributed by atoms with Gasteiger partial charge in [0.05, 0.1) is 35.3 Å². The van der Waals surface area contributed by atoms with Gasteiger partial charge in [-0.25, -0.2) is 0 Å². The Labute approximate surface area is 181 Å². The van der Waals surface area contributed by atoms with E-state index in [-0.39, 0.29) is 18.2 Å². The number of hydrogen-bond donors (Lipinski definition) is 2. The fourth-order valence-corrected chi connectivity index (χ4v) is 3.28. The van der Waals surface area contributed by atoms with Gasteiger partial charge in [-0.05, 0) is 36.8 Å². The van der Waals surface area contributed by atoms with Crippen LogP contribution in [0.3, 0.4) is 0 Å². The molecular weight excluding hydrogens is 400 g/mol. The van der Waals surface area contributed by atoms with Crippen molar-refractivity contribution in [2.24, 2.45) is 0 Å². The lowest BCUT2D eigenvalue weighted by atomic mass is 10.0. The Morgan fingerprint density at radius 2 is 1.60 bits per heavy atom. The highest BCUT2D eigenvalue weighted by atomic mass is 35.5. The van der Waals surface area contributed by atoms with Crippen LogP contribution in [0.4, 0.5) is 5.69 Å². The molecule has 30 heavy (non-hydrogen) atoms. The molecule has 0 saturated heterocycles. The summed E-state index contributed by atoms with van der Waals surface area (Å²) in [4.78, 5) is 25.6. The summed E-state index contributed by atoms with van der Waals surface area (Å²) in [6.07, 6.45) is 0.0562. The molecular formula is C24H23ClN2O3. The van der Waals surface area contributed by atoms with Crippen LogP contribution in [0, 0.1) is 0 Å². The number of nitrogens with one attached hydrogen (secondary N) is 2. The molecule has 2 N–H and O–H groups in total. The van der Waals surface area contributed by atoms with Gasteiger partial charge in [-0.1, -0.05) is 66.2 Å². The van der Waals surface area contributed by atoms with E-state index < -0.39 is 6.04 Å². The van der Waals surface area contributed by atoms with Crippen LogP contribution < -0.4 is 15.4 Å². The minimum Gasteiger partial charge on any atom is -0.492 e. The topological polar surface area (TPSA) is 67.4 Å². The lowest BCUT2D eigenvalue weighted by Crippen LogP contribution is -2.31. The summed E-state index contributed by atoms with van der Waals surface area (Å²) in [7, 11) is 0. The first-order chi connectivity index (χ1) is 14.6. The van der Waals surface area contributed by atoms with Crippen molar-refractivity contribution in [2.75, 3.05) is 11.9 Å². The Morgan fingerprint density at radius 1 is 0.933 bits per heavy atom. The molecule has 0 aliphatic heterocycles. The van der Waals surface area contributed by atoms with Crippen molar-refractivity contribution >= 4 is 29.1 Å². The lowest BCUT2D eigenvalue weighted by Gasteiger charge is -2.20. The van der Waals surface area contributed by atoms with Crippen LogP contribution in [0.15, 0.2) is 78.9 Å². The summed E-state index contributed by atoms with van der Waals surface area (Å²) in [6, 6.07) is 22.9. The van der Waals surface area contributed by atoms with Crippen LogP contribution in [0.25, 0.3) is 0 Å². The maximum atomic E-state index is 12.8. The third-order valence-electron chi connectivity index (χ3n) is 4.48. The van der Waals surface area contributed by atoms with E-state index in [4.69, 9.17) is 16.3 Å². The molecule has 0 saturated carbocycles. The van der Waals surface area contributed by atoms with Crippen LogP contribution in [-0.2, 0) is 4.79 Å². The second-order valence-corrected chi connectivity index (χ2v) is 7.01. The summed E-state index contributed by atoms with van der Waals surface area (Å²) in [5, 5.41) is 6.17. The molecule has 1 unspecified atom stereocenters. The van der Waals surface area contributed by atoms with Crippen molar-refractivity contribution in [3.8, 4) is 5.75 Å². The molecule has 0 aromatic heterocycles. The third kappa shape index (κ3) is 5.61. The lowest BCUT2D eigenvalue weighted by molar-refractivity contribution is -0.116. The summed E-state index contributed by atoms with van der Waals surface area (Å²) in [5.74, 6) is 0.0251. The number of halogens is 1. The Balaban J connectivity index is 1.77. The highest BCUT2D eigenvalue weighted by molar-refractivity contribution is 6.33. The van der Waals surface area contributed by atoms with Gasteiger partial charge in [0.25, 0.3) is 5.91 Å². The van der Waals surface area contributed by atoms with E-state index in [9.17, 15) is 9.59 Å². The Morgan fingerprint density at radius 3 is 2.33 bits per heavy atom. The summed E-state index contributed by atoms with van der Waals surface area (Å²) < 4.78 is 5.56. The minimum absolute atomic E-state index is 0.0562. The highest BCUT2D eigenvalue weighted by Crippen LogP contribution is 2.25. The van der Waals surface area contributed by atoms with E-state index in [1.54, 1.807) is 36.4 Å². The number of rotatable bonds is 8. The van der Waals surface area contributed by atoms with Gasteiger partial charge in [-0.15, -0.1) is 0 Å². The second kappa shape index (κ2) is 10.5. The van der Waals surface area contributed by atoms with Crippen molar-refractivity contribution in [1.29, 1.82) is 0 Å². The number of benzene rings is 3. The standard InChI is InChI=1S/C24H23ClN2O3/c1-2-30-22-15-9-8-14-20(22)26-23(28)16-21(17-10-4-3-5-11-17)27-24(29)18-12-6-7-13-19(18)25/h3-15,21H,2,16H2,1H3,(H,26,28)(H,27,29). The number of hydrogen-bond acceptors (Lipinski definition) is 3. The Bertz CT molecular complexity index is 1010. The van der Waals surface area contributed by atoms with Crippen molar-refractivity contribution < 1.29 is 14.3 Å². The van der Waals surface area contributed by atoms with Crippen LogP contribution in [-0.4, -0.2) is 18.4 Å². The zero-order chi connectivity index (χ0) is 21.3. The Hall–Kier alpha value is -3.31. The summed E-state index contributed by atoms with van der Waals surface area (Å²) >= 11 is 6.15. The first-order valence-corrected chi connectivity index (χ1v) is 10.1. The number of carbonyl (C=O) groups excluding carboxylic acids is 2. The zero-order valence-electron chi connectivity index (χ0n) is 16.6. The molecule has 0 bridgehead atoms. The predicted molar refractivity (Wildman–Crippen MR) is 119 cm³/mol. The molecule has 0 spiro atoms. The number of para-hydroxylation sites is 2. The van der Waals surface area contributed by atoms with Gasteiger partial charge in [0, 0.05) is 0 Å². The largest absolute Gasteiger partial charge is 0.492 e. The van der Waals surface area contributed by atoms with E-state index in [2.05, 4.69) is 10.6 Å². The number of carbonyl (C=O) groups is 2. The molecule has 3 rings (SSSR count). The molecule has 2 amide bonds. The molecule has 154 valence electrons. The second-order valence-electron chi connectivity index (χ2n) is 6.60. The van der Waals surface area contributed by atoms with Gasteiger partial charge < -0.3 is 15.4 Å². The fourth-order valence-electron chi connectivity index (χ4n) is 3.06. The van der Waals surface area contributed by atoms with E-state index in [0.717, 1.165) is 5.56 Å². The smallest absolute Gasteiger partial charge is 0.253 e. The van der Waals surface area contributed by atoms with E-state index in [1.165, 1.54) is 0 Å².